The van der Waals surface area contributed by atoms with Crippen molar-refractivity contribution < 1.29 is 19.2 Å². The number of amides is 2. The number of carbonyl (C=O) groups excluding carboxylic acids is 2. The Bertz CT molecular complexity index is 713. The first-order chi connectivity index (χ1) is 14.1. The lowest BCUT2D eigenvalue weighted by atomic mass is 9.95. The van der Waals surface area contributed by atoms with Crippen LogP contribution in [0, 0.1) is 5.92 Å². The van der Waals surface area contributed by atoms with Gasteiger partial charge >= 0.3 is 0 Å². The van der Waals surface area contributed by atoms with Crippen LogP contribution >= 0.6 is 11.6 Å². The third-order valence-corrected chi connectivity index (χ3v) is 6.72. The third kappa shape index (κ3) is 5.11. The number of nitrogens with one attached hydrogen (secondary N) is 1. The van der Waals surface area contributed by atoms with E-state index in [4.69, 9.17) is 16.3 Å². The Hall–Kier alpha value is -1.63. The van der Waals surface area contributed by atoms with Crippen LogP contribution in [-0.2, 0) is 9.53 Å². The van der Waals surface area contributed by atoms with Crippen LogP contribution in [-0.4, -0.2) is 80.1 Å². The number of hydrogen-bond acceptors (Lipinski definition) is 3. The predicted molar refractivity (Wildman–Crippen MR) is 111 cm³/mol. The number of rotatable bonds is 4. The second-order valence-electron chi connectivity index (χ2n) is 8.51. The maximum absolute atomic E-state index is 13.1. The molecule has 6 nitrogen and oxygen atoms in total. The van der Waals surface area contributed by atoms with Gasteiger partial charge in [0.05, 0.1) is 32.1 Å². The standard InChI is InChI=1S/C22H30ClN3O3/c23-19-7-5-17(6-8-19)21(27)26-9-1-3-18(15-26)22(28)25-12-10-24(11-13-25)16-20-4-2-14-29-20/h5-8,18,20H,1-4,9-16H2/p+1/t18-,20+/m0/s1. The molecule has 3 heterocycles. The van der Waals surface area contributed by atoms with E-state index in [1.54, 1.807) is 29.2 Å². The fourth-order valence-electron chi connectivity index (χ4n) is 4.77. The fraction of sp³-hybridized carbons (Fsp3) is 0.636. The predicted octanol–water partition coefficient (Wildman–Crippen LogP) is 1.10. The molecule has 0 aromatic heterocycles. The first-order valence-corrected chi connectivity index (χ1v) is 11.3. The summed E-state index contributed by atoms with van der Waals surface area (Å²) in [7, 11) is 0. The van der Waals surface area contributed by atoms with Crippen molar-refractivity contribution in [3.05, 3.63) is 34.9 Å². The van der Waals surface area contributed by atoms with E-state index in [1.165, 1.54) is 12.8 Å². The minimum Gasteiger partial charge on any atom is -0.372 e. The molecule has 3 fully saturated rings. The summed E-state index contributed by atoms with van der Waals surface area (Å²) in [5.41, 5.74) is 0.633. The van der Waals surface area contributed by atoms with Gasteiger partial charge in [-0.25, -0.2) is 0 Å². The average Bonchev–Trinajstić information content (AvgIpc) is 3.27. The quantitative estimate of drug-likeness (QED) is 0.793. The van der Waals surface area contributed by atoms with Gasteiger partial charge in [0, 0.05) is 30.3 Å². The molecule has 29 heavy (non-hydrogen) atoms. The molecule has 2 atom stereocenters. The highest BCUT2D eigenvalue weighted by molar-refractivity contribution is 6.30. The number of piperazine rings is 1. The van der Waals surface area contributed by atoms with Crippen LogP contribution in [0.15, 0.2) is 24.3 Å². The van der Waals surface area contributed by atoms with Gasteiger partial charge in [-0.05, 0) is 49.9 Å². The van der Waals surface area contributed by atoms with E-state index >= 15 is 0 Å². The molecule has 3 aliphatic heterocycles. The van der Waals surface area contributed by atoms with Gasteiger partial charge in [0.25, 0.3) is 5.91 Å². The van der Waals surface area contributed by atoms with Gasteiger partial charge in [-0.1, -0.05) is 11.6 Å². The van der Waals surface area contributed by atoms with Gasteiger partial charge in [0.15, 0.2) is 0 Å². The van der Waals surface area contributed by atoms with Gasteiger partial charge in [-0.15, -0.1) is 0 Å². The average molecular weight is 421 g/mol. The molecule has 2 amide bonds. The maximum Gasteiger partial charge on any atom is 0.253 e. The number of halogens is 1. The molecule has 3 aliphatic rings. The number of hydrogen-bond donors (Lipinski definition) is 1. The Morgan fingerprint density at radius 1 is 1.03 bits per heavy atom. The molecule has 4 rings (SSSR count). The van der Waals surface area contributed by atoms with Crippen LogP contribution in [0.1, 0.15) is 36.0 Å². The highest BCUT2D eigenvalue weighted by atomic mass is 35.5. The van der Waals surface area contributed by atoms with E-state index in [0.29, 0.717) is 29.8 Å². The zero-order valence-electron chi connectivity index (χ0n) is 16.9. The molecule has 0 unspecified atom stereocenters. The van der Waals surface area contributed by atoms with Gasteiger partial charge in [0.2, 0.25) is 5.91 Å². The van der Waals surface area contributed by atoms with Crippen molar-refractivity contribution in [1.29, 1.82) is 0 Å². The van der Waals surface area contributed by atoms with E-state index < -0.39 is 0 Å². The number of quaternary nitrogens is 1. The van der Waals surface area contributed by atoms with E-state index in [2.05, 4.69) is 0 Å². The smallest absolute Gasteiger partial charge is 0.253 e. The van der Waals surface area contributed by atoms with Crippen LogP contribution in [0.25, 0.3) is 0 Å². The molecule has 1 aromatic rings. The minimum atomic E-state index is -0.0836. The van der Waals surface area contributed by atoms with E-state index in [9.17, 15) is 9.59 Å². The Morgan fingerprint density at radius 3 is 2.48 bits per heavy atom. The molecule has 0 saturated carbocycles. The second kappa shape index (κ2) is 9.45. The molecule has 0 bridgehead atoms. The first-order valence-electron chi connectivity index (χ1n) is 10.9. The summed E-state index contributed by atoms with van der Waals surface area (Å²) in [6, 6.07) is 6.98. The van der Waals surface area contributed by atoms with Gasteiger partial charge in [-0.3, -0.25) is 9.59 Å². The summed E-state index contributed by atoms with van der Waals surface area (Å²) in [4.78, 5) is 31.3. The summed E-state index contributed by atoms with van der Waals surface area (Å²) < 4.78 is 5.76. The Kier molecular flexibility index (Phi) is 6.73. The van der Waals surface area contributed by atoms with Gasteiger partial charge < -0.3 is 19.4 Å². The van der Waals surface area contributed by atoms with Gasteiger partial charge in [0.1, 0.15) is 12.6 Å². The van der Waals surface area contributed by atoms with Crippen LogP contribution in [0.4, 0.5) is 0 Å². The molecule has 158 valence electrons. The molecular weight excluding hydrogens is 390 g/mol. The number of benzene rings is 1. The molecule has 3 saturated heterocycles. The van der Waals surface area contributed by atoms with Crippen molar-refractivity contribution in [3.63, 3.8) is 0 Å². The third-order valence-electron chi connectivity index (χ3n) is 6.47. The SMILES string of the molecule is O=C(c1ccc(Cl)cc1)N1CCC[C@H](C(=O)N2CC[NH+](C[C@H]3CCCO3)CC2)C1. The first kappa shape index (κ1) is 20.6. The summed E-state index contributed by atoms with van der Waals surface area (Å²) in [5, 5.41) is 0.619. The number of piperidine rings is 1. The van der Waals surface area contributed by atoms with Crippen molar-refractivity contribution >= 4 is 23.4 Å². The summed E-state index contributed by atoms with van der Waals surface area (Å²) in [5.74, 6) is 0.125. The Labute approximate surface area is 177 Å². The topological polar surface area (TPSA) is 54.3 Å². The molecule has 1 N–H and O–H groups in total. The number of ether oxygens (including phenoxy) is 1. The fourth-order valence-corrected chi connectivity index (χ4v) is 4.90. The number of nitrogens with zero attached hydrogens (tertiary/aromatic N) is 2. The molecule has 7 heteroatoms. The van der Waals surface area contributed by atoms with Crippen LogP contribution in [0.3, 0.4) is 0 Å². The molecule has 0 radical (unpaired) electrons. The van der Waals surface area contributed by atoms with Crippen molar-refractivity contribution in [1.82, 2.24) is 9.80 Å². The largest absolute Gasteiger partial charge is 0.372 e. The number of likely N-dealkylation sites (tertiary alicyclic amines) is 1. The van der Waals surface area contributed by atoms with E-state index in [-0.39, 0.29) is 17.7 Å². The lowest BCUT2D eigenvalue weighted by Crippen LogP contribution is -3.15. The summed E-state index contributed by atoms with van der Waals surface area (Å²) >= 11 is 5.93. The zero-order valence-corrected chi connectivity index (χ0v) is 17.7. The summed E-state index contributed by atoms with van der Waals surface area (Å²) in [6.07, 6.45) is 4.49. The van der Waals surface area contributed by atoms with Crippen LogP contribution in [0.2, 0.25) is 5.02 Å². The minimum absolute atomic E-state index is 0.00926. The van der Waals surface area contributed by atoms with Crippen LogP contribution in [0.5, 0.6) is 0 Å². The van der Waals surface area contributed by atoms with Crippen molar-refractivity contribution in [2.75, 3.05) is 52.4 Å². The van der Waals surface area contributed by atoms with Gasteiger partial charge in [-0.2, -0.15) is 0 Å². The lowest BCUT2D eigenvalue weighted by molar-refractivity contribution is -0.906. The zero-order chi connectivity index (χ0) is 20.2. The molecule has 1 aromatic carbocycles. The molecular formula is C22H31ClN3O3+. The van der Waals surface area contributed by atoms with Crippen molar-refractivity contribution in [3.8, 4) is 0 Å². The van der Waals surface area contributed by atoms with Crippen molar-refractivity contribution in [2.45, 2.75) is 31.8 Å². The van der Waals surface area contributed by atoms with Crippen LogP contribution < -0.4 is 4.90 Å². The van der Waals surface area contributed by atoms with Crippen molar-refractivity contribution in [2.24, 2.45) is 5.92 Å². The lowest BCUT2D eigenvalue weighted by Gasteiger charge is -2.38. The second-order valence-corrected chi connectivity index (χ2v) is 8.95. The van der Waals surface area contributed by atoms with E-state index in [1.807, 2.05) is 9.80 Å². The highest BCUT2D eigenvalue weighted by Gasteiger charge is 2.34. The highest BCUT2D eigenvalue weighted by Crippen LogP contribution is 2.21. The summed E-state index contributed by atoms with van der Waals surface area (Å²) in [6.45, 7) is 6.79. The Morgan fingerprint density at radius 2 is 1.79 bits per heavy atom. The van der Waals surface area contributed by atoms with E-state index in [0.717, 1.165) is 52.2 Å². The normalized spacial score (nSPS) is 26.0. The molecule has 0 spiro atoms. The molecule has 0 aliphatic carbocycles. The number of carbonyl (C=O) groups is 2. The monoisotopic (exact) mass is 420 g/mol. The maximum atomic E-state index is 13.1. The Balaban J connectivity index is 1.28.